The van der Waals surface area contributed by atoms with Crippen molar-refractivity contribution >= 4 is 17.1 Å². The Morgan fingerprint density at radius 1 is 1.33 bits per heavy atom. The summed E-state index contributed by atoms with van der Waals surface area (Å²) in [7, 11) is 0. The third kappa shape index (κ3) is 4.36. The Morgan fingerprint density at radius 3 is 2.75 bits per heavy atom. The van der Waals surface area contributed by atoms with Crippen LogP contribution in [0.15, 0.2) is 76.4 Å². The predicted molar refractivity (Wildman–Crippen MR) is 96.6 cm³/mol. The quantitative estimate of drug-likeness (QED) is 0.332. The molecule has 6 heteroatoms. The average molecular weight is 324 g/mol. The average Bonchev–Trinajstić information content (AvgIpc) is 2.51. The Bertz CT molecular complexity index is 814. The fraction of sp³-hybridized carbons (Fsp3) is 0.111. The summed E-state index contributed by atoms with van der Waals surface area (Å²) in [5, 5.41) is 30.1. The molecule has 1 aliphatic carbocycles. The zero-order chi connectivity index (χ0) is 17.7. The van der Waals surface area contributed by atoms with Gasteiger partial charge in [-0.25, -0.2) is 4.99 Å². The second kappa shape index (κ2) is 7.32. The Kier molecular flexibility index (Phi) is 5.21. The zero-order valence-corrected chi connectivity index (χ0v) is 13.5. The SMILES string of the molecule is C/C=C(O)\C=C(/C)NC1=CC(=Nc2cccc(O)c2)C(N)=CC1=N. The number of aliphatic hydroxyl groups is 1. The molecule has 2 rings (SSSR count). The number of aromatic hydroxyl groups is 1. The molecule has 0 aromatic heterocycles. The molecule has 6 N–H and O–H groups in total. The Labute approximate surface area is 140 Å². The van der Waals surface area contributed by atoms with Crippen molar-refractivity contribution in [2.24, 2.45) is 10.7 Å². The van der Waals surface area contributed by atoms with Crippen molar-refractivity contribution in [3.05, 3.63) is 71.4 Å². The first kappa shape index (κ1) is 17.1. The smallest absolute Gasteiger partial charge is 0.117 e. The van der Waals surface area contributed by atoms with Crippen molar-refractivity contribution < 1.29 is 10.2 Å². The molecule has 0 unspecified atom stereocenters. The highest BCUT2D eigenvalue weighted by molar-refractivity contribution is 6.22. The molecule has 0 radical (unpaired) electrons. The lowest BCUT2D eigenvalue weighted by Crippen LogP contribution is -2.25. The van der Waals surface area contributed by atoms with Gasteiger partial charge in [-0.3, -0.25) is 5.41 Å². The number of allylic oxidation sites excluding steroid dienone is 5. The van der Waals surface area contributed by atoms with Gasteiger partial charge in [0.15, 0.2) is 0 Å². The molecule has 1 aromatic rings. The molecule has 0 spiro atoms. The van der Waals surface area contributed by atoms with Crippen LogP contribution in [0, 0.1) is 5.41 Å². The standard InChI is InChI=1S/C18H20N4O2/c1-3-13(23)7-11(2)21-17-10-18(16(20)9-15(17)19)22-12-5-4-6-14(24)8-12/h3-10,19,21,23-24H,20H2,1-2H3/b11-7+,13-3+,19-15?,22-18?. The highest BCUT2D eigenvalue weighted by Crippen LogP contribution is 2.21. The molecule has 0 saturated heterocycles. The predicted octanol–water partition coefficient (Wildman–Crippen LogP) is 3.18. The summed E-state index contributed by atoms with van der Waals surface area (Å²) in [6.07, 6.45) is 6.29. The molecule has 6 nitrogen and oxygen atoms in total. The van der Waals surface area contributed by atoms with E-state index in [0.717, 1.165) is 0 Å². The van der Waals surface area contributed by atoms with Gasteiger partial charge in [0.25, 0.3) is 0 Å². The maximum atomic E-state index is 9.53. The number of nitrogens with zero attached hydrogens (tertiary/aromatic N) is 1. The van der Waals surface area contributed by atoms with Crippen molar-refractivity contribution in [1.82, 2.24) is 5.32 Å². The summed E-state index contributed by atoms with van der Waals surface area (Å²) in [4.78, 5) is 4.40. The van der Waals surface area contributed by atoms with Gasteiger partial charge >= 0.3 is 0 Å². The van der Waals surface area contributed by atoms with Gasteiger partial charge in [-0.15, -0.1) is 0 Å². The van der Waals surface area contributed by atoms with Crippen LogP contribution in [0.25, 0.3) is 0 Å². The van der Waals surface area contributed by atoms with E-state index in [-0.39, 0.29) is 17.2 Å². The summed E-state index contributed by atoms with van der Waals surface area (Å²) in [6.45, 7) is 3.51. The minimum absolute atomic E-state index is 0.117. The Balaban J connectivity index is 2.32. The molecular weight excluding hydrogens is 304 g/mol. The summed E-state index contributed by atoms with van der Waals surface area (Å²) in [5.41, 5.74) is 8.76. The molecular formula is C18H20N4O2. The number of phenols is 1. The van der Waals surface area contributed by atoms with Crippen LogP contribution in [0.1, 0.15) is 13.8 Å². The number of rotatable bonds is 4. The molecule has 0 amide bonds. The van der Waals surface area contributed by atoms with Gasteiger partial charge in [-0.05, 0) is 50.3 Å². The van der Waals surface area contributed by atoms with Gasteiger partial charge in [0.2, 0.25) is 0 Å². The monoisotopic (exact) mass is 324 g/mol. The molecule has 0 bridgehead atoms. The third-order valence-electron chi connectivity index (χ3n) is 3.24. The maximum Gasteiger partial charge on any atom is 0.117 e. The van der Waals surface area contributed by atoms with E-state index >= 15 is 0 Å². The largest absolute Gasteiger partial charge is 0.508 e. The minimum atomic E-state index is 0.117. The van der Waals surface area contributed by atoms with Gasteiger partial charge in [0.1, 0.15) is 11.5 Å². The number of phenolic OH excluding ortho intramolecular Hbond substituents is 1. The summed E-state index contributed by atoms with van der Waals surface area (Å²) in [6, 6.07) is 6.52. The lowest BCUT2D eigenvalue weighted by molar-refractivity contribution is 0.430. The lowest BCUT2D eigenvalue weighted by atomic mass is 10.0. The van der Waals surface area contributed by atoms with Gasteiger partial charge in [0.05, 0.1) is 28.5 Å². The van der Waals surface area contributed by atoms with E-state index in [1.165, 1.54) is 12.1 Å². The van der Waals surface area contributed by atoms with Crippen molar-refractivity contribution in [2.45, 2.75) is 13.8 Å². The third-order valence-corrected chi connectivity index (χ3v) is 3.24. The van der Waals surface area contributed by atoms with Crippen molar-refractivity contribution in [3.63, 3.8) is 0 Å². The highest BCUT2D eigenvalue weighted by Gasteiger charge is 2.14. The second-order valence-electron chi connectivity index (χ2n) is 5.25. The van der Waals surface area contributed by atoms with Crippen LogP contribution < -0.4 is 11.1 Å². The van der Waals surface area contributed by atoms with Crippen LogP contribution in [-0.2, 0) is 0 Å². The van der Waals surface area contributed by atoms with E-state index in [9.17, 15) is 10.2 Å². The highest BCUT2D eigenvalue weighted by atomic mass is 16.3. The number of hydrogen-bond donors (Lipinski definition) is 5. The topological polar surface area (TPSA) is 115 Å². The fourth-order valence-electron chi connectivity index (χ4n) is 2.06. The van der Waals surface area contributed by atoms with Crippen LogP contribution in [0.2, 0.25) is 0 Å². The Morgan fingerprint density at radius 2 is 2.08 bits per heavy atom. The summed E-state index contributed by atoms with van der Waals surface area (Å²) < 4.78 is 0. The molecule has 0 heterocycles. The lowest BCUT2D eigenvalue weighted by Gasteiger charge is -2.16. The second-order valence-corrected chi connectivity index (χ2v) is 5.25. The van der Waals surface area contributed by atoms with Crippen LogP contribution in [0.5, 0.6) is 5.75 Å². The molecule has 0 aliphatic heterocycles. The van der Waals surface area contributed by atoms with Crippen LogP contribution in [0.3, 0.4) is 0 Å². The van der Waals surface area contributed by atoms with E-state index in [1.807, 2.05) is 0 Å². The number of benzene rings is 1. The minimum Gasteiger partial charge on any atom is -0.508 e. The van der Waals surface area contributed by atoms with E-state index in [2.05, 4.69) is 10.3 Å². The fourth-order valence-corrected chi connectivity index (χ4v) is 2.06. The van der Waals surface area contributed by atoms with Gasteiger partial charge in [-0.2, -0.15) is 0 Å². The Hall–Kier alpha value is -3.28. The van der Waals surface area contributed by atoms with E-state index in [1.54, 1.807) is 50.3 Å². The zero-order valence-electron chi connectivity index (χ0n) is 13.5. The number of nitrogens with one attached hydrogen (secondary N) is 2. The normalized spacial score (nSPS) is 17.6. The van der Waals surface area contributed by atoms with Crippen LogP contribution >= 0.6 is 0 Å². The molecule has 124 valence electrons. The van der Waals surface area contributed by atoms with Crippen molar-refractivity contribution in [2.75, 3.05) is 0 Å². The van der Waals surface area contributed by atoms with Crippen LogP contribution in [0.4, 0.5) is 5.69 Å². The maximum absolute atomic E-state index is 9.53. The number of hydrogen-bond acceptors (Lipinski definition) is 6. The number of aliphatic imine (C=N–C) groups is 1. The van der Waals surface area contributed by atoms with Crippen LogP contribution in [-0.4, -0.2) is 21.6 Å². The molecule has 0 saturated carbocycles. The molecule has 24 heavy (non-hydrogen) atoms. The van der Waals surface area contributed by atoms with Gasteiger partial charge in [0, 0.05) is 11.8 Å². The van der Waals surface area contributed by atoms with E-state index in [4.69, 9.17) is 11.1 Å². The first-order chi connectivity index (χ1) is 11.4. The summed E-state index contributed by atoms with van der Waals surface area (Å²) >= 11 is 0. The first-order valence-corrected chi connectivity index (χ1v) is 7.35. The number of aliphatic hydroxyl groups excluding tert-OH is 1. The summed E-state index contributed by atoms with van der Waals surface area (Å²) in [5.74, 6) is 0.248. The molecule has 0 atom stereocenters. The van der Waals surface area contributed by atoms with Crippen molar-refractivity contribution in [1.29, 1.82) is 5.41 Å². The van der Waals surface area contributed by atoms with E-state index < -0.39 is 0 Å². The first-order valence-electron chi connectivity index (χ1n) is 7.35. The molecule has 1 aliphatic rings. The van der Waals surface area contributed by atoms with E-state index in [0.29, 0.717) is 28.5 Å². The molecule has 1 aromatic carbocycles. The van der Waals surface area contributed by atoms with Gasteiger partial charge < -0.3 is 21.3 Å². The molecule has 0 fully saturated rings. The van der Waals surface area contributed by atoms with Gasteiger partial charge in [-0.1, -0.05) is 6.07 Å². The van der Waals surface area contributed by atoms with Crippen molar-refractivity contribution in [3.8, 4) is 5.75 Å². The number of nitrogens with two attached hydrogens (primary N) is 1.